The predicted octanol–water partition coefficient (Wildman–Crippen LogP) is 4.12. The first kappa shape index (κ1) is 16.9. The highest BCUT2D eigenvalue weighted by Gasteiger charge is 2.12. The van der Waals surface area contributed by atoms with E-state index in [1.807, 2.05) is 12.1 Å². The SMILES string of the molecule is CC(C)(C)c1ccc(C=NOCCOc2cccc(O)c2)cc1. The lowest BCUT2D eigenvalue weighted by Crippen LogP contribution is -2.10. The van der Waals surface area contributed by atoms with E-state index < -0.39 is 0 Å². The van der Waals surface area contributed by atoms with Crippen molar-refractivity contribution in [3.63, 3.8) is 0 Å². The number of aromatic hydroxyl groups is 1. The van der Waals surface area contributed by atoms with E-state index in [-0.39, 0.29) is 11.2 Å². The van der Waals surface area contributed by atoms with Crippen LogP contribution in [0.3, 0.4) is 0 Å². The van der Waals surface area contributed by atoms with Crippen molar-refractivity contribution in [3.05, 3.63) is 59.7 Å². The molecule has 2 aromatic carbocycles. The number of hydrogen-bond donors (Lipinski definition) is 1. The van der Waals surface area contributed by atoms with Crippen LogP contribution in [0, 0.1) is 0 Å². The molecule has 2 aromatic rings. The third-order valence-electron chi connectivity index (χ3n) is 3.31. The normalized spacial score (nSPS) is 11.6. The van der Waals surface area contributed by atoms with Crippen molar-refractivity contribution in [1.82, 2.24) is 0 Å². The summed E-state index contributed by atoms with van der Waals surface area (Å²) in [6.45, 7) is 7.26. The Balaban J connectivity index is 1.72. The van der Waals surface area contributed by atoms with Crippen molar-refractivity contribution in [3.8, 4) is 11.5 Å². The molecule has 0 fully saturated rings. The van der Waals surface area contributed by atoms with Crippen molar-refractivity contribution >= 4 is 6.21 Å². The van der Waals surface area contributed by atoms with Gasteiger partial charge < -0.3 is 14.7 Å². The van der Waals surface area contributed by atoms with Gasteiger partial charge in [-0.05, 0) is 28.7 Å². The monoisotopic (exact) mass is 313 g/mol. The van der Waals surface area contributed by atoms with E-state index in [2.05, 4.69) is 38.1 Å². The Kier molecular flexibility index (Phi) is 5.63. The molecule has 0 unspecified atom stereocenters. The Hall–Kier alpha value is -2.49. The van der Waals surface area contributed by atoms with Crippen LogP contribution in [0.1, 0.15) is 31.9 Å². The van der Waals surface area contributed by atoms with Crippen LogP contribution in [0.4, 0.5) is 0 Å². The van der Waals surface area contributed by atoms with E-state index in [4.69, 9.17) is 9.57 Å². The predicted molar refractivity (Wildman–Crippen MR) is 92.3 cm³/mol. The summed E-state index contributed by atoms with van der Waals surface area (Å²) in [7, 11) is 0. The number of hydrogen-bond acceptors (Lipinski definition) is 4. The number of rotatable bonds is 6. The molecule has 4 nitrogen and oxygen atoms in total. The zero-order valence-corrected chi connectivity index (χ0v) is 13.8. The summed E-state index contributed by atoms with van der Waals surface area (Å²) in [6.07, 6.45) is 1.68. The van der Waals surface area contributed by atoms with Crippen LogP contribution in [0.2, 0.25) is 0 Å². The molecule has 0 aliphatic rings. The topological polar surface area (TPSA) is 51.0 Å². The molecule has 0 saturated heterocycles. The molecule has 4 heteroatoms. The second-order valence-electron chi connectivity index (χ2n) is 6.29. The van der Waals surface area contributed by atoms with Crippen LogP contribution in [0.15, 0.2) is 53.7 Å². The van der Waals surface area contributed by atoms with Gasteiger partial charge in [-0.15, -0.1) is 0 Å². The molecule has 122 valence electrons. The van der Waals surface area contributed by atoms with Crippen molar-refractivity contribution < 1.29 is 14.7 Å². The largest absolute Gasteiger partial charge is 0.508 e. The zero-order valence-electron chi connectivity index (χ0n) is 13.8. The van der Waals surface area contributed by atoms with Gasteiger partial charge in [-0.3, -0.25) is 0 Å². The summed E-state index contributed by atoms with van der Waals surface area (Å²) in [4.78, 5) is 5.17. The molecule has 0 bridgehead atoms. The molecule has 0 spiro atoms. The minimum Gasteiger partial charge on any atom is -0.508 e. The highest BCUT2D eigenvalue weighted by atomic mass is 16.6. The van der Waals surface area contributed by atoms with E-state index in [1.54, 1.807) is 30.5 Å². The van der Waals surface area contributed by atoms with Gasteiger partial charge in [-0.2, -0.15) is 0 Å². The van der Waals surface area contributed by atoms with E-state index in [9.17, 15) is 5.11 Å². The van der Waals surface area contributed by atoms with Gasteiger partial charge >= 0.3 is 0 Å². The maximum Gasteiger partial charge on any atom is 0.151 e. The third-order valence-corrected chi connectivity index (χ3v) is 3.31. The molecular weight excluding hydrogens is 290 g/mol. The molecule has 0 amide bonds. The van der Waals surface area contributed by atoms with Crippen molar-refractivity contribution in [2.24, 2.45) is 5.16 Å². The molecular formula is C19H23NO3. The fourth-order valence-corrected chi connectivity index (χ4v) is 1.99. The summed E-state index contributed by atoms with van der Waals surface area (Å²) < 4.78 is 5.43. The fraction of sp³-hybridized carbons (Fsp3) is 0.316. The van der Waals surface area contributed by atoms with Crippen LogP contribution in [-0.2, 0) is 10.3 Å². The molecule has 0 aliphatic carbocycles. The minimum atomic E-state index is 0.148. The highest BCUT2D eigenvalue weighted by molar-refractivity contribution is 5.79. The van der Waals surface area contributed by atoms with Gasteiger partial charge in [-0.25, -0.2) is 0 Å². The molecule has 0 atom stereocenters. The zero-order chi connectivity index (χ0) is 16.7. The maximum absolute atomic E-state index is 9.31. The summed E-state index contributed by atoms with van der Waals surface area (Å²) in [5.74, 6) is 0.787. The molecule has 0 aromatic heterocycles. The van der Waals surface area contributed by atoms with Crippen molar-refractivity contribution in [2.45, 2.75) is 26.2 Å². The van der Waals surface area contributed by atoms with Gasteiger partial charge in [0.15, 0.2) is 6.61 Å². The second kappa shape index (κ2) is 7.68. The minimum absolute atomic E-state index is 0.148. The van der Waals surface area contributed by atoms with Crippen LogP contribution in [-0.4, -0.2) is 24.5 Å². The smallest absolute Gasteiger partial charge is 0.151 e. The van der Waals surface area contributed by atoms with Gasteiger partial charge in [0.25, 0.3) is 0 Å². The quantitative estimate of drug-likeness (QED) is 0.496. The first-order valence-corrected chi connectivity index (χ1v) is 7.63. The highest BCUT2D eigenvalue weighted by Crippen LogP contribution is 2.21. The van der Waals surface area contributed by atoms with Crippen LogP contribution in [0.5, 0.6) is 11.5 Å². The second-order valence-corrected chi connectivity index (χ2v) is 6.29. The van der Waals surface area contributed by atoms with E-state index >= 15 is 0 Å². The average molecular weight is 313 g/mol. The summed E-state index contributed by atoms with van der Waals surface area (Å²) in [5, 5.41) is 13.2. The molecule has 1 N–H and O–H groups in total. The third kappa shape index (κ3) is 5.66. The Bertz CT molecular complexity index is 642. The molecule has 0 saturated carbocycles. The van der Waals surface area contributed by atoms with Crippen molar-refractivity contribution in [2.75, 3.05) is 13.2 Å². The first-order chi connectivity index (χ1) is 10.9. The Morgan fingerprint density at radius 1 is 1.04 bits per heavy atom. The number of oxime groups is 1. The van der Waals surface area contributed by atoms with Gasteiger partial charge in [0, 0.05) is 6.07 Å². The van der Waals surface area contributed by atoms with Crippen LogP contribution in [0.25, 0.3) is 0 Å². The molecule has 0 heterocycles. The average Bonchev–Trinajstić information content (AvgIpc) is 2.50. The number of phenols is 1. The Morgan fingerprint density at radius 2 is 1.78 bits per heavy atom. The summed E-state index contributed by atoms with van der Waals surface area (Å²) in [6, 6.07) is 14.9. The lowest BCUT2D eigenvalue weighted by atomic mass is 9.87. The van der Waals surface area contributed by atoms with Crippen LogP contribution >= 0.6 is 0 Å². The molecule has 23 heavy (non-hydrogen) atoms. The molecule has 0 aliphatic heterocycles. The number of benzene rings is 2. The molecule has 2 rings (SSSR count). The Morgan fingerprint density at radius 3 is 2.43 bits per heavy atom. The number of nitrogens with zero attached hydrogens (tertiary/aromatic N) is 1. The fourth-order valence-electron chi connectivity index (χ4n) is 1.99. The van der Waals surface area contributed by atoms with Gasteiger partial charge in [0.1, 0.15) is 18.1 Å². The van der Waals surface area contributed by atoms with E-state index in [1.165, 1.54) is 5.56 Å². The summed E-state index contributed by atoms with van der Waals surface area (Å²) >= 11 is 0. The Labute approximate surface area is 137 Å². The van der Waals surface area contributed by atoms with Crippen LogP contribution < -0.4 is 4.74 Å². The maximum atomic E-state index is 9.31. The lowest BCUT2D eigenvalue weighted by Gasteiger charge is -2.18. The van der Waals surface area contributed by atoms with E-state index in [0.717, 1.165) is 5.56 Å². The first-order valence-electron chi connectivity index (χ1n) is 7.63. The molecule has 0 radical (unpaired) electrons. The van der Waals surface area contributed by atoms with Gasteiger partial charge in [-0.1, -0.05) is 56.3 Å². The number of ether oxygens (including phenoxy) is 1. The lowest BCUT2D eigenvalue weighted by molar-refractivity contribution is 0.108. The van der Waals surface area contributed by atoms with Gasteiger partial charge in [0.05, 0.1) is 6.21 Å². The van der Waals surface area contributed by atoms with E-state index in [0.29, 0.717) is 19.0 Å². The van der Waals surface area contributed by atoms with Crippen molar-refractivity contribution in [1.29, 1.82) is 0 Å². The summed E-state index contributed by atoms with van der Waals surface area (Å²) in [5.41, 5.74) is 2.43. The number of phenolic OH excluding ortho intramolecular Hbond substituents is 1. The standard InChI is InChI=1S/C19H23NO3/c1-19(2,3)16-9-7-15(8-10-16)14-20-23-12-11-22-18-6-4-5-17(21)13-18/h4-10,13-14,21H,11-12H2,1-3H3. The van der Waals surface area contributed by atoms with Gasteiger partial charge in [0.2, 0.25) is 0 Å².